The van der Waals surface area contributed by atoms with E-state index in [1.54, 1.807) is 11.8 Å². The summed E-state index contributed by atoms with van der Waals surface area (Å²) in [6.45, 7) is 4.17. The van der Waals surface area contributed by atoms with E-state index in [0.717, 1.165) is 22.4 Å². The Balaban J connectivity index is 1.98. The van der Waals surface area contributed by atoms with Crippen LogP contribution in [0.1, 0.15) is 23.6 Å². The molecule has 3 nitrogen and oxygen atoms in total. The highest BCUT2D eigenvalue weighted by atomic mass is 16.6. The lowest BCUT2D eigenvalue weighted by atomic mass is 10.0. The molecule has 0 N–H and O–H groups in total. The Bertz CT molecular complexity index is 828. The van der Waals surface area contributed by atoms with Gasteiger partial charge < -0.3 is 4.74 Å². The standard InChI is InChI=1S/C21H19NO2/c1-3-24-21(23)22-19(12-10-17-7-5-4-6-8-17)13-11-18-15-16(2)9-14-20(18)22/h4-9,11,13-15,19H,3H2,1-2H3/t19-/m1/s1. The van der Waals surface area contributed by atoms with E-state index in [2.05, 4.69) is 17.9 Å². The van der Waals surface area contributed by atoms with Crippen LogP contribution in [0, 0.1) is 18.8 Å². The van der Waals surface area contributed by atoms with Crippen molar-refractivity contribution in [3.05, 3.63) is 71.3 Å². The Morgan fingerprint density at radius 1 is 1.21 bits per heavy atom. The molecule has 1 amide bonds. The second-order valence-corrected chi connectivity index (χ2v) is 5.57. The lowest BCUT2D eigenvalue weighted by Gasteiger charge is -2.30. The topological polar surface area (TPSA) is 29.5 Å². The number of hydrogen-bond acceptors (Lipinski definition) is 2. The number of aryl methyl sites for hydroxylation is 1. The van der Waals surface area contributed by atoms with Gasteiger partial charge in [-0.3, -0.25) is 4.90 Å². The van der Waals surface area contributed by atoms with Crippen molar-refractivity contribution in [2.75, 3.05) is 11.5 Å². The zero-order valence-corrected chi connectivity index (χ0v) is 13.8. The molecule has 1 heterocycles. The fraction of sp³-hybridized carbons (Fsp3) is 0.190. The Labute approximate surface area is 142 Å². The van der Waals surface area contributed by atoms with Crippen LogP contribution < -0.4 is 4.90 Å². The summed E-state index contributed by atoms with van der Waals surface area (Å²) in [5, 5.41) is 0. The predicted octanol–water partition coefficient (Wildman–Crippen LogP) is 4.41. The molecule has 0 aliphatic carbocycles. The van der Waals surface area contributed by atoms with Crippen LogP contribution in [0.25, 0.3) is 6.08 Å². The number of fused-ring (bicyclic) bond motifs is 1. The SMILES string of the molecule is CCOC(=O)N1c2ccc(C)cc2C=C[C@H]1C#Cc1ccccc1. The molecule has 0 saturated heterocycles. The maximum atomic E-state index is 12.5. The summed E-state index contributed by atoms with van der Waals surface area (Å²) in [5.74, 6) is 6.30. The van der Waals surface area contributed by atoms with Crippen molar-refractivity contribution in [2.45, 2.75) is 19.9 Å². The molecule has 120 valence electrons. The quantitative estimate of drug-likeness (QED) is 0.729. The first kappa shape index (κ1) is 15.9. The van der Waals surface area contributed by atoms with Gasteiger partial charge in [0.1, 0.15) is 6.04 Å². The molecule has 1 atom stereocenters. The minimum absolute atomic E-state index is 0.332. The molecule has 3 rings (SSSR count). The monoisotopic (exact) mass is 317 g/mol. The number of rotatable bonds is 1. The van der Waals surface area contributed by atoms with Gasteiger partial charge in [-0.2, -0.15) is 0 Å². The highest BCUT2D eigenvalue weighted by molar-refractivity contribution is 5.94. The second kappa shape index (κ2) is 7.06. The van der Waals surface area contributed by atoms with Crippen LogP contribution in [0.2, 0.25) is 0 Å². The zero-order valence-electron chi connectivity index (χ0n) is 13.8. The molecule has 1 aliphatic rings. The molecule has 1 aliphatic heterocycles. The van der Waals surface area contributed by atoms with Crippen LogP contribution in [0.5, 0.6) is 0 Å². The third-order valence-corrected chi connectivity index (χ3v) is 3.78. The minimum atomic E-state index is -0.376. The molecule has 3 heteroatoms. The van der Waals surface area contributed by atoms with Gasteiger partial charge in [0.05, 0.1) is 12.3 Å². The molecule has 2 aromatic rings. The van der Waals surface area contributed by atoms with Gasteiger partial charge >= 0.3 is 6.09 Å². The fourth-order valence-electron chi connectivity index (χ4n) is 2.65. The summed E-state index contributed by atoms with van der Waals surface area (Å²) < 4.78 is 5.24. The molecular weight excluding hydrogens is 298 g/mol. The molecular formula is C21H19NO2. The highest BCUT2D eigenvalue weighted by Crippen LogP contribution is 2.30. The van der Waals surface area contributed by atoms with E-state index in [0.29, 0.717) is 6.61 Å². The predicted molar refractivity (Wildman–Crippen MR) is 96.8 cm³/mol. The Morgan fingerprint density at radius 2 is 2.00 bits per heavy atom. The molecule has 0 fully saturated rings. The van der Waals surface area contributed by atoms with Crippen molar-refractivity contribution in [2.24, 2.45) is 0 Å². The normalized spacial score (nSPS) is 15.2. The minimum Gasteiger partial charge on any atom is -0.449 e. The molecule has 0 spiro atoms. The number of carbonyl (C=O) groups excluding carboxylic acids is 1. The number of hydrogen-bond donors (Lipinski definition) is 0. The number of anilines is 1. The van der Waals surface area contributed by atoms with E-state index in [1.165, 1.54) is 0 Å². The smallest absolute Gasteiger partial charge is 0.415 e. The van der Waals surface area contributed by atoms with Gasteiger partial charge in [0.15, 0.2) is 0 Å². The molecule has 0 radical (unpaired) electrons. The van der Waals surface area contributed by atoms with E-state index in [1.807, 2.05) is 61.5 Å². The first-order valence-corrected chi connectivity index (χ1v) is 8.00. The summed E-state index contributed by atoms with van der Waals surface area (Å²) in [7, 11) is 0. The van der Waals surface area contributed by atoms with E-state index in [4.69, 9.17) is 4.74 Å². The highest BCUT2D eigenvalue weighted by Gasteiger charge is 2.28. The van der Waals surface area contributed by atoms with Gasteiger partial charge in [0.25, 0.3) is 0 Å². The van der Waals surface area contributed by atoms with Crippen LogP contribution in [0.4, 0.5) is 10.5 Å². The van der Waals surface area contributed by atoms with Gasteiger partial charge in [-0.15, -0.1) is 0 Å². The maximum absolute atomic E-state index is 12.5. The Morgan fingerprint density at radius 3 is 2.75 bits per heavy atom. The molecule has 2 aromatic carbocycles. The lowest BCUT2D eigenvalue weighted by Crippen LogP contribution is -2.41. The Hall–Kier alpha value is -2.99. The van der Waals surface area contributed by atoms with Crippen LogP contribution in [-0.2, 0) is 4.74 Å². The third-order valence-electron chi connectivity index (χ3n) is 3.78. The van der Waals surface area contributed by atoms with Crippen molar-refractivity contribution >= 4 is 17.9 Å². The molecule has 0 bridgehead atoms. The number of ether oxygens (including phenoxy) is 1. The van der Waals surface area contributed by atoms with Gasteiger partial charge in [-0.1, -0.05) is 47.7 Å². The van der Waals surface area contributed by atoms with Crippen LogP contribution >= 0.6 is 0 Å². The average molecular weight is 317 g/mol. The molecule has 24 heavy (non-hydrogen) atoms. The van der Waals surface area contributed by atoms with E-state index >= 15 is 0 Å². The number of amides is 1. The van der Waals surface area contributed by atoms with Gasteiger partial charge in [-0.05, 0) is 49.8 Å². The summed E-state index contributed by atoms with van der Waals surface area (Å²) in [5.41, 5.74) is 3.90. The third kappa shape index (κ3) is 3.33. The number of carbonyl (C=O) groups is 1. The lowest BCUT2D eigenvalue weighted by molar-refractivity contribution is 0.159. The maximum Gasteiger partial charge on any atom is 0.415 e. The van der Waals surface area contributed by atoms with Crippen LogP contribution in [0.15, 0.2) is 54.6 Å². The van der Waals surface area contributed by atoms with Crippen LogP contribution in [0.3, 0.4) is 0 Å². The molecule has 0 aromatic heterocycles. The van der Waals surface area contributed by atoms with E-state index < -0.39 is 0 Å². The van der Waals surface area contributed by atoms with Crippen molar-refractivity contribution in [3.63, 3.8) is 0 Å². The second-order valence-electron chi connectivity index (χ2n) is 5.57. The number of benzene rings is 2. The van der Waals surface area contributed by atoms with Crippen molar-refractivity contribution in [3.8, 4) is 11.8 Å². The first-order valence-electron chi connectivity index (χ1n) is 8.00. The molecule has 0 unspecified atom stereocenters. The zero-order chi connectivity index (χ0) is 16.9. The van der Waals surface area contributed by atoms with Crippen molar-refractivity contribution in [1.29, 1.82) is 0 Å². The van der Waals surface area contributed by atoms with Gasteiger partial charge in [0, 0.05) is 5.56 Å². The van der Waals surface area contributed by atoms with Gasteiger partial charge in [0.2, 0.25) is 0 Å². The van der Waals surface area contributed by atoms with E-state index in [-0.39, 0.29) is 12.1 Å². The average Bonchev–Trinajstić information content (AvgIpc) is 2.60. The van der Waals surface area contributed by atoms with Crippen molar-refractivity contribution in [1.82, 2.24) is 0 Å². The summed E-state index contributed by atoms with van der Waals surface area (Å²) in [6, 6.07) is 15.4. The van der Waals surface area contributed by atoms with Gasteiger partial charge in [-0.25, -0.2) is 4.79 Å². The van der Waals surface area contributed by atoms with Crippen molar-refractivity contribution < 1.29 is 9.53 Å². The fourth-order valence-corrected chi connectivity index (χ4v) is 2.65. The summed E-state index contributed by atoms with van der Waals surface area (Å²) >= 11 is 0. The summed E-state index contributed by atoms with van der Waals surface area (Å²) in [6.07, 6.45) is 3.58. The largest absolute Gasteiger partial charge is 0.449 e. The summed E-state index contributed by atoms with van der Waals surface area (Å²) in [4.78, 5) is 14.1. The van der Waals surface area contributed by atoms with E-state index in [9.17, 15) is 4.79 Å². The first-order chi connectivity index (χ1) is 11.7. The Kier molecular flexibility index (Phi) is 4.67. The number of nitrogens with zero attached hydrogens (tertiary/aromatic N) is 1. The molecule has 0 saturated carbocycles. The van der Waals surface area contributed by atoms with Crippen LogP contribution in [-0.4, -0.2) is 18.7 Å².